The summed E-state index contributed by atoms with van der Waals surface area (Å²) in [5.74, 6) is 2.34. The first kappa shape index (κ1) is 17.3. The summed E-state index contributed by atoms with van der Waals surface area (Å²) in [5.41, 5.74) is 2.08. The highest BCUT2D eigenvalue weighted by molar-refractivity contribution is 5.82. The quantitative estimate of drug-likeness (QED) is 0.532. The molecule has 3 saturated carbocycles. The molecule has 0 aromatic rings. The number of ketones is 1. The van der Waals surface area contributed by atoms with Crippen LogP contribution < -0.4 is 0 Å². The second-order valence-electron chi connectivity index (χ2n) is 9.41. The van der Waals surface area contributed by atoms with E-state index >= 15 is 0 Å². The molecule has 4 aliphatic rings. The van der Waals surface area contributed by atoms with Gasteiger partial charge in [0.1, 0.15) is 11.9 Å². The van der Waals surface area contributed by atoms with Crippen LogP contribution in [0.2, 0.25) is 0 Å². The molecule has 0 aliphatic heterocycles. The Labute approximate surface area is 151 Å². The normalized spacial score (nSPS) is 45.9. The minimum atomic E-state index is -0.155. The molecule has 0 spiro atoms. The number of fused-ring (bicyclic) bond motifs is 5. The summed E-state index contributed by atoms with van der Waals surface area (Å²) < 4.78 is 5.51. The lowest BCUT2D eigenvalue weighted by molar-refractivity contribution is -0.148. The fraction of sp³-hybridized carbons (Fsp3) is 0.818. The number of Topliss-reactive ketones (excluding diaryl/α,β-unsaturated/α-hetero) is 1. The van der Waals surface area contributed by atoms with Gasteiger partial charge in [-0.05, 0) is 67.1 Å². The van der Waals surface area contributed by atoms with E-state index in [0.717, 1.165) is 44.9 Å². The molecule has 0 saturated heterocycles. The summed E-state index contributed by atoms with van der Waals surface area (Å²) in [6, 6.07) is 0. The third kappa shape index (κ3) is 2.61. The Kier molecular flexibility index (Phi) is 4.12. The summed E-state index contributed by atoms with van der Waals surface area (Å²) in [6.07, 6.45) is 12.0. The number of allylic oxidation sites excluding steroid dienone is 1. The van der Waals surface area contributed by atoms with Crippen molar-refractivity contribution in [2.75, 3.05) is 0 Å². The number of carbonyl (C=O) groups excluding carboxylic acids is 2. The minimum Gasteiger partial charge on any atom is -0.462 e. The molecule has 0 N–H and O–H groups in total. The van der Waals surface area contributed by atoms with E-state index in [-0.39, 0.29) is 17.5 Å². The minimum absolute atomic E-state index is 0.0692. The molecule has 0 unspecified atom stereocenters. The number of rotatable bonds is 2. The van der Waals surface area contributed by atoms with Crippen molar-refractivity contribution in [2.24, 2.45) is 28.6 Å². The fourth-order valence-electron chi connectivity index (χ4n) is 7.11. The smallest absolute Gasteiger partial charge is 0.302 e. The highest BCUT2D eigenvalue weighted by Crippen LogP contribution is 2.65. The summed E-state index contributed by atoms with van der Waals surface area (Å²) >= 11 is 0. The Bertz CT molecular complexity index is 621. The molecule has 4 rings (SSSR count). The Morgan fingerprint density at radius 2 is 2.04 bits per heavy atom. The van der Waals surface area contributed by atoms with E-state index in [1.165, 1.54) is 25.3 Å². The van der Waals surface area contributed by atoms with Crippen LogP contribution in [0.25, 0.3) is 0 Å². The molecule has 0 radical (unpaired) electrons. The molecule has 0 bridgehead atoms. The molecule has 0 heterocycles. The number of carbonyl (C=O) groups is 2. The third-order valence-electron chi connectivity index (χ3n) is 8.43. The van der Waals surface area contributed by atoms with Gasteiger partial charge in [0, 0.05) is 26.2 Å². The lowest BCUT2D eigenvalue weighted by Gasteiger charge is -2.57. The average molecular weight is 344 g/mol. The number of esters is 1. The first-order chi connectivity index (χ1) is 11.9. The second kappa shape index (κ2) is 5.96. The van der Waals surface area contributed by atoms with Gasteiger partial charge in [-0.1, -0.05) is 25.5 Å². The number of ether oxygens (including phenoxy) is 1. The molecule has 6 atom stereocenters. The van der Waals surface area contributed by atoms with Crippen LogP contribution in [0, 0.1) is 28.6 Å². The van der Waals surface area contributed by atoms with Crippen LogP contribution in [0.4, 0.5) is 0 Å². The summed E-state index contributed by atoms with van der Waals surface area (Å²) in [6.45, 7) is 6.26. The van der Waals surface area contributed by atoms with Crippen LogP contribution in [0.15, 0.2) is 11.6 Å². The molecule has 138 valence electrons. The highest BCUT2D eigenvalue weighted by Gasteiger charge is 2.58. The maximum absolute atomic E-state index is 12.3. The van der Waals surface area contributed by atoms with Crippen LogP contribution >= 0.6 is 0 Å². The summed E-state index contributed by atoms with van der Waals surface area (Å²) in [7, 11) is 0. The van der Waals surface area contributed by atoms with Gasteiger partial charge < -0.3 is 4.74 Å². The van der Waals surface area contributed by atoms with Gasteiger partial charge >= 0.3 is 5.97 Å². The van der Waals surface area contributed by atoms with Gasteiger partial charge in [0.25, 0.3) is 0 Å². The molecular weight excluding hydrogens is 312 g/mol. The zero-order chi connectivity index (χ0) is 17.8. The van der Waals surface area contributed by atoms with Crippen molar-refractivity contribution in [1.82, 2.24) is 0 Å². The van der Waals surface area contributed by atoms with E-state index in [2.05, 4.69) is 19.9 Å². The van der Waals surface area contributed by atoms with E-state index in [0.29, 0.717) is 29.0 Å². The van der Waals surface area contributed by atoms with Crippen molar-refractivity contribution in [2.45, 2.75) is 84.7 Å². The lowest BCUT2D eigenvalue weighted by atomic mass is 9.47. The van der Waals surface area contributed by atoms with Crippen LogP contribution in [-0.4, -0.2) is 17.9 Å². The van der Waals surface area contributed by atoms with Crippen LogP contribution in [0.1, 0.15) is 78.6 Å². The highest BCUT2D eigenvalue weighted by atomic mass is 16.5. The fourth-order valence-corrected chi connectivity index (χ4v) is 7.11. The summed E-state index contributed by atoms with van der Waals surface area (Å²) in [4.78, 5) is 23.6. The first-order valence-corrected chi connectivity index (χ1v) is 10.3. The zero-order valence-corrected chi connectivity index (χ0v) is 16.0. The predicted octanol–water partition coefficient (Wildman–Crippen LogP) is 4.84. The second-order valence-corrected chi connectivity index (χ2v) is 9.41. The third-order valence-corrected chi connectivity index (χ3v) is 8.43. The molecule has 3 heteroatoms. The lowest BCUT2D eigenvalue weighted by Crippen LogP contribution is -2.50. The van der Waals surface area contributed by atoms with Crippen molar-refractivity contribution < 1.29 is 14.3 Å². The molecule has 0 aromatic heterocycles. The van der Waals surface area contributed by atoms with Crippen molar-refractivity contribution in [3.05, 3.63) is 11.6 Å². The van der Waals surface area contributed by atoms with E-state index in [1.807, 2.05) is 0 Å². The average Bonchev–Trinajstić information content (AvgIpc) is 2.91. The predicted molar refractivity (Wildman–Crippen MR) is 96.9 cm³/mol. The first-order valence-electron chi connectivity index (χ1n) is 10.3. The van der Waals surface area contributed by atoms with Gasteiger partial charge in [0.05, 0.1) is 0 Å². The van der Waals surface area contributed by atoms with Gasteiger partial charge in [-0.3, -0.25) is 9.59 Å². The van der Waals surface area contributed by atoms with Crippen molar-refractivity contribution >= 4 is 11.8 Å². The molecule has 3 fully saturated rings. The molecule has 4 aliphatic carbocycles. The summed E-state index contributed by atoms with van der Waals surface area (Å²) in [5, 5.41) is 0. The number of hydrogen-bond acceptors (Lipinski definition) is 3. The van der Waals surface area contributed by atoms with Gasteiger partial charge in [0.2, 0.25) is 0 Å². The zero-order valence-electron chi connectivity index (χ0n) is 16.0. The Morgan fingerprint density at radius 1 is 1.24 bits per heavy atom. The van der Waals surface area contributed by atoms with E-state index in [4.69, 9.17) is 4.74 Å². The van der Waals surface area contributed by atoms with Gasteiger partial charge in [0.15, 0.2) is 0 Å². The van der Waals surface area contributed by atoms with E-state index in [9.17, 15) is 9.59 Å². The Hall–Kier alpha value is -1.12. The van der Waals surface area contributed by atoms with Crippen molar-refractivity contribution in [3.63, 3.8) is 0 Å². The molecular formula is C22H32O3. The van der Waals surface area contributed by atoms with Crippen LogP contribution in [0.5, 0.6) is 0 Å². The van der Waals surface area contributed by atoms with Crippen molar-refractivity contribution in [1.29, 1.82) is 0 Å². The monoisotopic (exact) mass is 344 g/mol. The SMILES string of the molecule is CC[C@]12CC[C@H]3[C@@H](CC=C4C[C@@H](OC(C)=O)CC[C@@]43C)[C@@H]1CC(=O)C2. The maximum Gasteiger partial charge on any atom is 0.302 e. The van der Waals surface area contributed by atoms with Gasteiger partial charge in [-0.25, -0.2) is 0 Å². The van der Waals surface area contributed by atoms with Crippen molar-refractivity contribution in [3.8, 4) is 0 Å². The topological polar surface area (TPSA) is 43.4 Å². The Morgan fingerprint density at radius 3 is 2.76 bits per heavy atom. The van der Waals surface area contributed by atoms with E-state index in [1.54, 1.807) is 0 Å². The van der Waals surface area contributed by atoms with Crippen LogP contribution in [0.3, 0.4) is 0 Å². The number of hydrogen-bond donors (Lipinski definition) is 0. The largest absolute Gasteiger partial charge is 0.462 e. The molecule has 0 aromatic carbocycles. The van der Waals surface area contributed by atoms with Gasteiger partial charge in [-0.15, -0.1) is 0 Å². The standard InChI is InChI=1S/C22H32O3/c1-4-22-10-8-19-18(20(22)12-16(24)13-22)6-5-15-11-17(25-14(2)23)7-9-21(15,19)3/h5,17-20H,4,6-13H2,1-3H3/t17-,18+,19-,20-,21-,22+/m0/s1. The van der Waals surface area contributed by atoms with Crippen LogP contribution in [-0.2, 0) is 14.3 Å². The Balaban J connectivity index is 1.60. The molecule has 0 amide bonds. The van der Waals surface area contributed by atoms with Gasteiger partial charge in [-0.2, -0.15) is 0 Å². The maximum atomic E-state index is 12.3. The van der Waals surface area contributed by atoms with E-state index < -0.39 is 0 Å². The molecule has 3 nitrogen and oxygen atoms in total. The molecule has 25 heavy (non-hydrogen) atoms.